The van der Waals surface area contributed by atoms with Crippen molar-refractivity contribution in [3.05, 3.63) is 35.9 Å². The average molecular weight is 346 g/mol. The average Bonchev–Trinajstić information content (AvgIpc) is 2.57. The minimum atomic E-state index is -0.449. The van der Waals surface area contributed by atoms with Gasteiger partial charge in [0.05, 0.1) is 0 Å². The summed E-state index contributed by atoms with van der Waals surface area (Å²) in [6.07, 6.45) is 1.62. The summed E-state index contributed by atoms with van der Waals surface area (Å²) in [4.78, 5) is 26.8. The molecule has 2 rings (SSSR count). The molecule has 1 aromatic rings. The number of benzene rings is 1. The summed E-state index contributed by atoms with van der Waals surface area (Å²) in [5, 5.41) is 9.12. The highest BCUT2D eigenvalue weighted by Gasteiger charge is 2.34. The molecule has 0 unspecified atom stereocenters. The quantitative estimate of drug-likeness (QED) is 0.666. The lowest BCUT2D eigenvalue weighted by molar-refractivity contribution is -0.127. The molecule has 0 aromatic heterocycles. The SMILES string of the molecule is CNC[C@H](Cc1ccccc1)NC(=O)[C@H](C(C)C)N1CCCNC1=O. The number of hydrogen-bond donors (Lipinski definition) is 3. The van der Waals surface area contributed by atoms with Gasteiger partial charge in [0, 0.05) is 25.7 Å². The van der Waals surface area contributed by atoms with Gasteiger partial charge in [0.25, 0.3) is 0 Å². The van der Waals surface area contributed by atoms with Crippen molar-refractivity contribution in [2.45, 2.75) is 38.8 Å². The smallest absolute Gasteiger partial charge is 0.318 e. The van der Waals surface area contributed by atoms with Crippen LogP contribution >= 0.6 is 0 Å². The summed E-state index contributed by atoms with van der Waals surface area (Å²) in [5.41, 5.74) is 1.18. The number of amides is 3. The van der Waals surface area contributed by atoms with Gasteiger partial charge in [0.1, 0.15) is 6.04 Å². The molecule has 1 heterocycles. The van der Waals surface area contributed by atoms with Crippen molar-refractivity contribution < 1.29 is 9.59 Å². The van der Waals surface area contributed by atoms with Crippen LogP contribution in [0.25, 0.3) is 0 Å². The summed E-state index contributed by atoms with van der Waals surface area (Å²) < 4.78 is 0. The molecule has 0 spiro atoms. The molecule has 1 aliphatic heterocycles. The van der Waals surface area contributed by atoms with Crippen molar-refractivity contribution in [3.63, 3.8) is 0 Å². The highest BCUT2D eigenvalue weighted by atomic mass is 16.2. The highest BCUT2D eigenvalue weighted by Crippen LogP contribution is 2.15. The van der Waals surface area contributed by atoms with Gasteiger partial charge in [-0.1, -0.05) is 44.2 Å². The molecule has 2 atom stereocenters. The van der Waals surface area contributed by atoms with E-state index in [0.717, 1.165) is 12.8 Å². The van der Waals surface area contributed by atoms with Gasteiger partial charge >= 0.3 is 6.03 Å². The molecule has 6 nitrogen and oxygen atoms in total. The Bertz CT molecular complexity index is 562. The van der Waals surface area contributed by atoms with Gasteiger partial charge in [-0.3, -0.25) is 4.79 Å². The number of nitrogens with one attached hydrogen (secondary N) is 3. The second-order valence-corrected chi connectivity index (χ2v) is 6.92. The van der Waals surface area contributed by atoms with Crippen LogP contribution in [-0.4, -0.2) is 55.6 Å². The fraction of sp³-hybridized carbons (Fsp3) is 0.579. The lowest BCUT2D eigenvalue weighted by atomic mass is 9.99. The van der Waals surface area contributed by atoms with E-state index in [1.54, 1.807) is 4.90 Å². The fourth-order valence-corrected chi connectivity index (χ4v) is 3.32. The molecule has 1 fully saturated rings. The zero-order valence-electron chi connectivity index (χ0n) is 15.4. The molecule has 25 heavy (non-hydrogen) atoms. The molecule has 0 radical (unpaired) electrons. The van der Waals surface area contributed by atoms with Gasteiger partial charge in [-0.05, 0) is 31.4 Å². The summed E-state index contributed by atoms with van der Waals surface area (Å²) in [6, 6.07) is 9.50. The Morgan fingerprint density at radius 1 is 1.28 bits per heavy atom. The Morgan fingerprint density at radius 3 is 2.60 bits per heavy atom. The zero-order valence-corrected chi connectivity index (χ0v) is 15.4. The van der Waals surface area contributed by atoms with Gasteiger partial charge in [-0.2, -0.15) is 0 Å². The largest absolute Gasteiger partial charge is 0.350 e. The number of carbonyl (C=O) groups is 2. The molecule has 0 aliphatic carbocycles. The van der Waals surface area contributed by atoms with Crippen molar-refractivity contribution in [3.8, 4) is 0 Å². The van der Waals surface area contributed by atoms with E-state index in [1.807, 2.05) is 39.1 Å². The zero-order chi connectivity index (χ0) is 18.2. The maximum atomic E-state index is 12.9. The fourth-order valence-electron chi connectivity index (χ4n) is 3.32. The molecule has 1 aromatic carbocycles. The first-order valence-electron chi connectivity index (χ1n) is 9.06. The second-order valence-electron chi connectivity index (χ2n) is 6.92. The molecule has 3 amide bonds. The van der Waals surface area contributed by atoms with Crippen molar-refractivity contribution in [2.24, 2.45) is 5.92 Å². The minimum absolute atomic E-state index is 0.0194. The first kappa shape index (κ1) is 19.2. The van der Waals surface area contributed by atoms with E-state index in [1.165, 1.54) is 5.56 Å². The normalized spacial score (nSPS) is 17.1. The van der Waals surface area contributed by atoms with Crippen LogP contribution in [0, 0.1) is 5.92 Å². The first-order valence-corrected chi connectivity index (χ1v) is 9.06. The van der Waals surface area contributed by atoms with Crippen molar-refractivity contribution in [1.29, 1.82) is 0 Å². The predicted molar refractivity (Wildman–Crippen MR) is 99.4 cm³/mol. The van der Waals surface area contributed by atoms with E-state index in [0.29, 0.717) is 19.6 Å². The summed E-state index contributed by atoms with van der Waals surface area (Å²) in [5.74, 6) is -0.0287. The van der Waals surface area contributed by atoms with E-state index in [4.69, 9.17) is 0 Å². The summed E-state index contributed by atoms with van der Waals surface area (Å²) >= 11 is 0. The molecule has 3 N–H and O–H groups in total. The van der Waals surface area contributed by atoms with Crippen LogP contribution in [0.15, 0.2) is 30.3 Å². The van der Waals surface area contributed by atoms with Crippen LogP contribution in [-0.2, 0) is 11.2 Å². The van der Waals surface area contributed by atoms with Gasteiger partial charge in [-0.15, -0.1) is 0 Å². The van der Waals surface area contributed by atoms with Crippen LogP contribution in [0.3, 0.4) is 0 Å². The minimum Gasteiger partial charge on any atom is -0.350 e. The van der Waals surface area contributed by atoms with Gasteiger partial charge < -0.3 is 20.9 Å². The molecule has 0 bridgehead atoms. The molecule has 0 saturated carbocycles. The van der Waals surface area contributed by atoms with Gasteiger partial charge in [0.2, 0.25) is 5.91 Å². The monoisotopic (exact) mass is 346 g/mol. The molecule has 138 valence electrons. The maximum Gasteiger partial charge on any atom is 0.318 e. The summed E-state index contributed by atoms with van der Waals surface area (Å²) in [7, 11) is 1.88. The number of carbonyl (C=O) groups excluding carboxylic acids is 2. The summed E-state index contributed by atoms with van der Waals surface area (Å²) in [6.45, 7) is 5.94. The van der Waals surface area contributed by atoms with Crippen LogP contribution in [0.1, 0.15) is 25.8 Å². The third-order valence-electron chi connectivity index (χ3n) is 4.47. The number of nitrogens with zero attached hydrogens (tertiary/aromatic N) is 1. The molecule has 6 heteroatoms. The number of rotatable bonds is 8. The Labute approximate surface area is 150 Å². The maximum absolute atomic E-state index is 12.9. The van der Waals surface area contributed by atoms with Gasteiger partial charge in [-0.25, -0.2) is 4.79 Å². The molecule has 1 aliphatic rings. The first-order chi connectivity index (χ1) is 12.0. The van der Waals surface area contributed by atoms with Crippen molar-refractivity contribution >= 4 is 11.9 Å². The van der Waals surface area contributed by atoms with E-state index >= 15 is 0 Å². The number of hydrogen-bond acceptors (Lipinski definition) is 3. The molecule has 1 saturated heterocycles. The van der Waals surface area contributed by atoms with E-state index in [2.05, 4.69) is 28.1 Å². The third-order valence-corrected chi connectivity index (χ3v) is 4.47. The lowest BCUT2D eigenvalue weighted by Crippen LogP contribution is -2.59. The van der Waals surface area contributed by atoms with E-state index in [-0.39, 0.29) is 23.9 Å². The topological polar surface area (TPSA) is 73.5 Å². The van der Waals surface area contributed by atoms with Crippen LogP contribution < -0.4 is 16.0 Å². The van der Waals surface area contributed by atoms with Crippen LogP contribution in [0.5, 0.6) is 0 Å². The van der Waals surface area contributed by atoms with Crippen LogP contribution in [0.2, 0.25) is 0 Å². The Hall–Kier alpha value is -2.08. The molecular formula is C19H30N4O2. The van der Waals surface area contributed by atoms with E-state index < -0.39 is 6.04 Å². The lowest BCUT2D eigenvalue weighted by Gasteiger charge is -2.37. The Balaban J connectivity index is 2.07. The van der Waals surface area contributed by atoms with Crippen molar-refractivity contribution in [2.75, 3.05) is 26.7 Å². The van der Waals surface area contributed by atoms with E-state index in [9.17, 15) is 9.59 Å². The Morgan fingerprint density at radius 2 is 2.00 bits per heavy atom. The second kappa shape index (κ2) is 9.42. The third kappa shape index (κ3) is 5.46. The number of urea groups is 1. The van der Waals surface area contributed by atoms with Gasteiger partial charge in [0.15, 0.2) is 0 Å². The van der Waals surface area contributed by atoms with Crippen molar-refractivity contribution in [1.82, 2.24) is 20.9 Å². The molecular weight excluding hydrogens is 316 g/mol. The van der Waals surface area contributed by atoms with Crippen LogP contribution in [0.4, 0.5) is 4.79 Å². The highest BCUT2D eigenvalue weighted by molar-refractivity contribution is 5.87. The predicted octanol–water partition coefficient (Wildman–Crippen LogP) is 1.37. The standard InChI is InChI=1S/C19H30N4O2/c1-14(2)17(23-11-7-10-21-19(23)25)18(24)22-16(13-20-3)12-15-8-5-4-6-9-15/h4-6,8-9,14,16-17,20H,7,10-13H2,1-3H3,(H,21,25)(H,22,24)/t16-,17-/m0/s1. The Kier molecular flexibility index (Phi) is 7.25. The number of likely N-dealkylation sites (N-methyl/N-ethyl adjacent to an activating group) is 1.